The van der Waals surface area contributed by atoms with Crippen LogP contribution in [-0.2, 0) is 16.2 Å². The van der Waals surface area contributed by atoms with Gasteiger partial charge in [0.25, 0.3) is 0 Å². The molecule has 174 valence electrons. The summed E-state index contributed by atoms with van der Waals surface area (Å²) in [6, 6.07) is 15.4. The molecule has 0 unspecified atom stereocenters. The predicted molar refractivity (Wildman–Crippen MR) is 130 cm³/mol. The number of benzene rings is 2. The summed E-state index contributed by atoms with van der Waals surface area (Å²) < 4.78 is 10.7. The minimum atomic E-state index is -0.0293. The van der Waals surface area contributed by atoms with E-state index in [-0.39, 0.29) is 5.91 Å². The number of hydrogen-bond donors (Lipinski definition) is 0. The lowest BCUT2D eigenvalue weighted by Crippen LogP contribution is -2.46. The predicted octanol–water partition coefficient (Wildman–Crippen LogP) is 3.62. The quantitative estimate of drug-likeness (QED) is 0.332. The standard InChI is InChI=1S/C26H31N3O4/c1-28-15-17-29(18-16-28)26(30)14-12-23(27-33-20-22-7-5-4-6-8-22)11-9-21-10-13-24(31-2)25(19-21)32-3/h4-14,19H,15-18,20H2,1-3H3/b11-9+,14-12+,27-23?. The number of nitrogens with zero attached hydrogens (tertiary/aromatic N) is 3. The summed E-state index contributed by atoms with van der Waals surface area (Å²) in [5, 5.41) is 4.25. The van der Waals surface area contributed by atoms with Gasteiger partial charge in [0.1, 0.15) is 12.3 Å². The first-order chi connectivity index (χ1) is 16.1. The summed E-state index contributed by atoms with van der Waals surface area (Å²) in [6.07, 6.45) is 6.93. The van der Waals surface area contributed by atoms with Crippen LogP contribution in [0.2, 0.25) is 0 Å². The molecule has 3 rings (SSSR count). The number of amides is 1. The van der Waals surface area contributed by atoms with Crippen molar-refractivity contribution < 1.29 is 19.1 Å². The number of rotatable bonds is 9. The molecule has 1 saturated heterocycles. The van der Waals surface area contributed by atoms with E-state index < -0.39 is 0 Å². The van der Waals surface area contributed by atoms with E-state index in [1.54, 1.807) is 32.4 Å². The molecule has 1 fully saturated rings. The van der Waals surface area contributed by atoms with Gasteiger partial charge < -0.3 is 24.1 Å². The molecule has 1 aliphatic heterocycles. The molecule has 33 heavy (non-hydrogen) atoms. The third-order valence-corrected chi connectivity index (χ3v) is 5.31. The van der Waals surface area contributed by atoms with E-state index in [2.05, 4.69) is 17.1 Å². The Hall–Kier alpha value is -3.58. The van der Waals surface area contributed by atoms with Gasteiger partial charge in [-0.05, 0) is 42.5 Å². The zero-order chi connectivity index (χ0) is 23.5. The van der Waals surface area contributed by atoms with Crippen LogP contribution in [0.5, 0.6) is 11.5 Å². The van der Waals surface area contributed by atoms with Gasteiger partial charge >= 0.3 is 0 Å². The Bertz CT molecular complexity index is 994. The molecule has 7 heteroatoms. The molecule has 7 nitrogen and oxygen atoms in total. The van der Waals surface area contributed by atoms with Crippen LogP contribution in [0.3, 0.4) is 0 Å². The fourth-order valence-electron chi connectivity index (χ4n) is 3.30. The Balaban J connectivity index is 1.73. The van der Waals surface area contributed by atoms with Gasteiger partial charge in [0.05, 0.1) is 14.2 Å². The molecule has 0 radical (unpaired) electrons. The second-order valence-electron chi connectivity index (χ2n) is 7.68. The third-order valence-electron chi connectivity index (χ3n) is 5.31. The molecule has 0 saturated carbocycles. The number of methoxy groups -OCH3 is 2. The maximum atomic E-state index is 12.6. The largest absolute Gasteiger partial charge is 0.493 e. The summed E-state index contributed by atoms with van der Waals surface area (Å²) in [5.41, 5.74) is 2.45. The average Bonchev–Trinajstić information content (AvgIpc) is 2.86. The van der Waals surface area contributed by atoms with Crippen molar-refractivity contribution in [2.75, 3.05) is 47.4 Å². The van der Waals surface area contributed by atoms with Crippen LogP contribution in [-0.4, -0.2) is 68.9 Å². The number of carbonyl (C=O) groups excluding carboxylic acids is 1. The molecule has 0 aliphatic carbocycles. The van der Waals surface area contributed by atoms with E-state index in [0.717, 1.165) is 37.3 Å². The smallest absolute Gasteiger partial charge is 0.246 e. The van der Waals surface area contributed by atoms with Crippen molar-refractivity contribution in [3.8, 4) is 11.5 Å². The highest BCUT2D eigenvalue weighted by Crippen LogP contribution is 2.28. The van der Waals surface area contributed by atoms with Crippen molar-refractivity contribution in [2.24, 2.45) is 5.16 Å². The normalized spacial score (nSPS) is 15.2. The Kier molecular flexibility index (Phi) is 9.08. The SMILES string of the molecule is COc1ccc(/C=C/C(/C=C/C(=O)N2CCN(C)CC2)=NOCc2ccccc2)cc1OC. The van der Waals surface area contributed by atoms with Crippen molar-refractivity contribution in [3.05, 3.63) is 77.9 Å². The number of ether oxygens (including phenoxy) is 2. The number of hydrogen-bond acceptors (Lipinski definition) is 6. The minimum Gasteiger partial charge on any atom is -0.493 e. The van der Waals surface area contributed by atoms with Crippen LogP contribution in [0.1, 0.15) is 11.1 Å². The fraction of sp³-hybridized carbons (Fsp3) is 0.308. The van der Waals surface area contributed by atoms with E-state index in [4.69, 9.17) is 14.3 Å². The highest BCUT2D eigenvalue weighted by Gasteiger charge is 2.16. The maximum Gasteiger partial charge on any atom is 0.246 e. The van der Waals surface area contributed by atoms with Crippen molar-refractivity contribution in [1.82, 2.24) is 9.80 Å². The summed E-state index contributed by atoms with van der Waals surface area (Å²) in [6.45, 7) is 3.53. The molecule has 0 atom stereocenters. The topological polar surface area (TPSA) is 63.6 Å². The number of piperazine rings is 1. The first kappa shape index (κ1) is 24.1. The van der Waals surface area contributed by atoms with E-state index in [0.29, 0.717) is 23.8 Å². The van der Waals surface area contributed by atoms with Gasteiger partial charge in [-0.2, -0.15) is 0 Å². The number of oxime groups is 1. The van der Waals surface area contributed by atoms with Gasteiger partial charge in [-0.15, -0.1) is 0 Å². The number of allylic oxidation sites excluding steroid dienone is 2. The third kappa shape index (κ3) is 7.50. The summed E-state index contributed by atoms with van der Waals surface area (Å²) >= 11 is 0. The van der Waals surface area contributed by atoms with Crippen LogP contribution in [0.25, 0.3) is 6.08 Å². The molecule has 0 N–H and O–H groups in total. The second kappa shape index (κ2) is 12.5. The van der Waals surface area contributed by atoms with E-state index in [9.17, 15) is 4.79 Å². The van der Waals surface area contributed by atoms with Crippen molar-refractivity contribution >= 4 is 17.7 Å². The monoisotopic (exact) mass is 449 g/mol. The number of carbonyl (C=O) groups is 1. The zero-order valence-corrected chi connectivity index (χ0v) is 19.4. The van der Waals surface area contributed by atoms with E-state index >= 15 is 0 Å². The summed E-state index contributed by atoms with van der Waals surface area (Å²) in [5.74, 6) is 1.27. The molecule has 1 amide bonds. The van der Waals surface area contributed by atoms with E-state index in [1.807, 2.05) is 59.5 Å². The Morgan fingerprint density at radius 3 is 2.36 bits per heavy atom. The molecule has 0 aromatic heterocycles. The Morgan fingerprint density at radius 1 is 0.939 bits per heavy atom. The van der Waals surface area contributed by atoms with Crippen LogP contribution in [0, 0.1) is 0 Å². The molecule has 1 aliphatic rings. The average molecular weight is 450 g/mol. The van der Waals surface area contributed by atoms with Crippen molar-refractivity contribution in [2.45, 2.75) is 6.61 Å². The van der Waals surface area contributed by atoms with Crippen LogP contribution < -0.4 is 9.47 Å². The lowest BCUT2D eigenvalue weighted by Gasteiger charge is -2.31. The summed E-state index contributed by atoms with van der Waals surface area (Å²) in [4.78, 5) is 22.2. The molecular weight excluding hydrogens is 418 g/mol. The Morgan fingerprint density at radius 2 is 1.67 bits per heavy atom. The van der Waals surface area contributed by atoms with Gasteiger partial charge in [0.2, 0.25) is 5.91 Å². The van der Waals surface area contributed by atoms with Gasteiger partial charge in [-0.1, -0.05) is 47.6 Å². The zero-order valence-electron chi connectivity index (χ0n) is 19.4. The van der Waals surface area contributed by atoms with Gasteiger partial charge in [0.15, 0.2) is 11.5 Å². The lowest BCUT2D eigenvalue weighted by atomic mass is 10.1. The minimum absolute atomic E-state index is 0.0293. The molecule has 2 aromatic rings. The van der Waals surface area contributed by atoms with Crippen molar-refractivity contribution in [1.29, 1.82) is 0 Å². The van der Waals surface area contributed by atoms with Crippen LogP contribution in [0.4, 0.5) is 0 Å². The van der Waals surface area contributed by atoms with Gasteiger partial charge in [-0.25, -0.2) is 0 Å². The maximum absolute atomic E-state index is 12.6. The highest BCUT2D eigenvalue weighted by atomic mass is 16.6. The molecular formula is C26H31N3O4. The van der Waals surface area contributed by atoms with Gasteiger partial charge in [-0.3, -0.25) is 4.79 Å². The van der Waals surface area contributed by atoms with Crippen LogP contribution in [0.15, 0.2) is 71.9 Å². The molecule has 1 heterocycles. The summed E-state index contributed by atoms with van der Waals surface area (Å²) in [7, 11) is 5.26. The molecule has 0 bridgehead atoms. The first-order valence-electron chi connectivity index (χ1n) is 10.9. The number of likely N-dealkylation sites (N-methyl/N-ethyl adjacent to an activating group) is 1. The molecule has 2 aromatic carbocycles. The second-order valence-corrected chi connectivity index (χ2v) is 7.68. The van der Waals surface area contributed by atoms with Crippen molar-refractivity contribution in [3.63, 3.8) is 0 Å². The Labute approximate surface area is 195 Å². The highest BCUT2D eigenvalue weighted by molar-refractivity contribution is 6.09. The van der Waals surface area contributed by atoms with Crippen LogP contribution >= 0.6 is 0 Å². The fourth-order valence-corrected chi connectivity index (χ4v) is 3.30. The lowest BCUT2D eigenvalue weighted by molar-refractivity contribution is -0.127. The first-order valence-corrected chi connectivity index (χ1v) is 10.9. The van der Waals surface area contributed by atoms with Gasteiger partial charge in [0, 0.05) is 32.3 Å². The van der Waals surface area contributed by atoms with E-state index in [1.165, 1.54) is 0 Å². The molecule has 0 spiro atoms.